The van der Waals surface area contributed by atoms with Crippen LogP contribution in [-0.2, 0) is 14.3 Å². The van der Waals surface area contributed by atoms with Gasteiger partial charge in [-0.3, -0.25) is 14.5 Å². The topological polar surface area (TPSA) is 80.3 Å². The van der Waals surface area contributed by atoms with Gasteiger partial charge in [0.1, 0.15) is 12.4 Å². The van der Waals surface area contributed by atoms with Crippen LogP contribution in [0.15, 0.2) is 18.2 Å². The van der Waals surface area contributed by atoms with Crippen molar-refractivity contribution in [3.05, 3.63) is 23.8 Å². The highest BCUT2D eigenvalue weighted by Gasteiger charge is 2.32. The van der Waals surface area contributed by atoms with Gasteiger partial charge >= 0.3 is 0 Å². The zero-order valence-corrected chi connectivity index (χ0v) is 21.6. The minimum Gasteiger partial charge on any atom is -0.491 e. The summed E-state index contributed by atoms with van der Waals surface area (Å²) in [7, 11) is 3.52. The van der Waals surface area contributed by atoms with E-state index in [0.717, 1.165) is 19.0 Å². The second-order valence-corrected chi connectivity index (χ2v) is 10.6. The molecule has 2 amide bonds. The molecule has 2 aliphatic heterocycles. The third-order valence-electron chi connectivity index (χ3n) is 7.62. The van der Waals surface area contributed by atoms with Crippen LogP contribution in [0.5, 0.6) is 5.75 Å². The molecule has 2 fully saturated rings. The molecule has 8 heteroatoms. The molecule has 0 radical (unpaired) electrons. The van der Waals surface area contributed by atoms with E-state index in [4.69, 9.17) is 14.2 Å². The van der Waals surface area contributed by atoms with E-state index >= 15 is 0 Å². The minimum atomic E-state index is -0.139. The van der Waals surface area contributed by atoms with Crippen molar-refractivity contribution in [3.63, 3.8) is 0 Å². The lowest BCUT2D eigenvalue weighted by atomic mass is 9.99. The molecule has 8 nitrogen and oxygen atoms in total. The van der Waals surface area contributed by atoms with Crippen LogP contribution in [0, 0.1) is 17.8 Å². The van der Waals surface area contributed by atoms with Gasteiger partial charge in [0.2, 0.25) is 5.91 Å². The molecule has 2 heterocycles. The number of hydrogen-bond acceptors (Lipinski definition) is 6. The summed E-state index contributed by atoms with van der Waals surface area (Å²) in [4.78, 5) is 30.5. The standard InChI is InChI=1S/C27H41N3O5/c1-18-14-30(15-20-5-6-20)19(2)17-35-24-8-7-22(28-26(31)21-9-11-34-12-10-21)13-23(24)27(32)29(3)16-25(18)33-4/h7-8,13,18-21,25H,5-6,9-12,14-17H2,1-4H3,(H,28,31)/t18-,19-,25-/m0/s1. The van der Waals surface area contributed by atoms with Crippen molar-refractivity contribution in [3.8, 4) is 5.75 Å². The number of methoxy groups -OCH3 is 1. The van der Waals surface area contributed by atoms with E-state index in [-0.39, 0.29) is 35.8 Å². The van der Waals surface area contributed by atoms with Crippen molar-refractivity contribution >= 4 is 17.5 Å². The molecule has 0 spiro atoms. The second-order valence-electron chi connectivity index (χ2n) is 10.6. The molecule has 1 saturated carbocycles. The van der Waals surface area contributed by atoms with Crippen molar-refractivity contribution in [1.29, 1.82) is 0 Å². The fourth-order valence-corrected chi connectivity index (χ4v) is 5.02. The fourth-order valence-electron chi connectivity index (χ4n) is 5.02. The van der Waals surface area contributed by atoms with Crippen LogP contribution < -0.4 is 10.1 Å². The van der Waals surface area contributed by atoms with E-state index in [0.29, 0.717) is 56.2 Å². The minimum absolute atomic E-state index is 0.0271. The van der Waals surface area contributed by atoms with E-state index in [9.17, 15) is 9.59 Å². The number of hydrogen-bond donors (Lipinski definition) is 1. The molecular weight excluding hydrogens is 446 g/mol. The van der Waals surface area contributed by atoms with Gasteiger partial charge in [-0.15, -0.1) is 0 Å². The molecule has 1 aromatic rings. The third-order valence-corrected chi connectivity index (χ3v) is 7.62. The summed E-state index contributed by atoms with van der Waals surface area (Å²) in [6, 6.07) is 5.58. The van der Waals surface area contributed by atoms with Gasteiger partial charge in [-0.1, -0.05) is 6.92 Å². The van der Waals surface area contributed by atoms with Crippen molar-refractivity contribution < 1.29 is 23.8 Å². The van der Waals surface area contributed by atoms with Gasteiger partial charge < -0.3 is 24.4 Å². The number of carbonyl (C=O) groups excluding carboxylic acids is 2. The van der Waals surface area contributed by atoms with E-state index in [1.807, 2.05) is 6.07 Å². The van der Waals surface area contributed by atoms with E-state index in [1.54, 1.807) is 31.2 Å². The molecule has 1 aliphatic carbocycles. The van der Waals surface area contributed by atoms with E-state index < -0.39 is 0 Å². The molecule has 1 aromatic carbocycles. The molecule has 1 saturated heterocycles. The molecule has 1 N–H and O–H groups in total. The van der Waals surface area contributed by atoms with Crippen LogP contribution >= 0.6 is 0 Å². The normalized spacial score (nSPS) is 27.4. The summed E-state index contributed by atoms with van der Waals surface area (Å²) >= 11 is 0. The van der Waals surface area contributed by atoms with Gasteiger partial charge in [0, 0.05) is 64.7 Å². The third kappa shape index (κ3) is 6.74. The summed E-state index contributed by atoms with van der Waals surface area (Å²) in [5, 5.41) is 3.00. The largest absolute Gasteiger partial charge is 0.491 e. The van der Waals surface area contributed by atoms with Crippen LogP contribution in [0.2, 0.25) is 0 Å². The number of nitrogens with one attached hydrogen (secondary N) is 1. The van der Waals surface area contributed by atoms with Crippen molar-refractivity contribution in [2.45, 2.75) is 51.7 Å². The first-order chi connectivity index (χ1) is 16.9. The maximum Gasteiger partial charge on any atom is 0.257 e. The zero-order valence-electron chi connectivity index (χ0n) is 21.6. The van der Waals surface area contributed by atoms with Gasteiger partial charge in [0.15, 0.2) is 0 Å². The second kappa shape index (κ2) is 11.7. The number of ether oxygens (including phenoxy) is 3. The quantitative estimate of drug-likeness (QED) is 0.687. The molecule has 35 heavy (non-hydrogen) atoms. The van der Waals surface area contributed by atoms with Gasteiger partial charge in [0.25, 0.3) is 5.91 Å². The number of likely N-dealkylation sites (N-methyl/N-ethyl adjacent to an activating group) is 1. The lowest BCUT2D eigenvalue weighted by Gasteiger charge is -2.36. The Morgan fingerprint density at radius 1 is 1.14 bits per heavy atom. The lowest BCUT2D eigenvalue weighted by molar-refractivity contribution is -0.122. The summed E-state index contributed by atoms with van der Waals surface area (Å²) in [5.41, 5.74) is 1.07. The van der Waals surface area contributed by atoms with Crippen molar-refractivity contribution in [2.75, 3.05) is 58.9 Å². The number of anilines is 1. The van der Waals surface area contributed by atoms with Crippen molar-refractivity contribution in [1.82, 2.24) is 9.80 Å². The molecular formula is C27H41N3O5. The SMILES string of the molecule is CO[C@H]1CN(C)C(=O)c2cc(NC(=O)C3CCOCC3)ccc2OC[C@H](C)N(CC2CC2)C[C@@H]1C. The van der Waals surface area contributed by atoms with Crippen molar-refractivity contribution in [2.24, 2.45) is 17.8 Å². The first-order valence-electron chi connectivity index (χ1n) is 13.0. The summed E-state index contributed by atoms with van der Waals surface area (Å²) < 4.78 is 17.5. The first kappa shape index (κ1) is 25.9. The smallest absolute Gasteiger partial charge is 0.257 e. The molecule has 0 bridgehead atoms. The number of benzene rings is 1. The average Bonchev–Trinajstić information content (AvgIpc) is 3.69. The van der Waals surface area contributed by atoms with Crippen LogP contribution in [0.25, 0.3) is 0 Å². The van der Waals surface area contributed by atoms with Gasteiger partial charge in [-0.2, -0.15) is 0 Å². The summed E-state index contributed by atoms with van der Waals surface area (Å²) in [6.45, 7) is 8.57. The monoisotopic (exact) mass is 487 g/mol. The van der Waals surface area contributed by atoms with Crippen LogP contribution in [-0.4, -0.2) is 87.4 Å². The van der Waals surface area contributed by atoms with E-state index in [1.165, 1.54) is 12.8 Å². The predicted octanol–water partition coefficient (Wildman–Crippen LogP) is 3.27. The average molecular weight is 488 g/mol. The first-order valence-corrected chi connectivity index (χ1v) is 13.0. The Kier molecular flexibility index (Phi) is 8.68. The predicted molar refractivity (Wildman–Crippen MR) is 135 cm³/mol. The van der Waals surface area contributed by atoms with Crippen LogP contribution in [0.3, 0.4) is 0 Å². The maximum absolute atomic E-state index is 13.5. The summed E-state index contributed by atoms with van der Waals surface area (Å²) in [5.74, 6) is 1.35. The van der Waals surface area contributed by atoms with Crippen LogP contribution in [0.1, 0.15) is 49.9 Å². The van der Waals surface area contributed by atoms with Crippen LogP contribution in [0.4, 0.5) is 5.69 Å². The molecule has 3 atom stereocenters. The number of rotatable bonds is 5. The Hall–Kier alpha value is -2.16. The molecule has 0 aromatic heterocycles. The van der Waals surface area contributed by atoms with E-state index in [2.05, 4.69) is 24.1 Å². The highest BCUT2D eigenvalue weighted by molar-refractivity contribution is 5.99. The molecule has 194 valence electrons. The maximum atomic E-state index is 13.5. The number of nitrogens with zero attached hydrogens (tertiary/aromatic N) is 2. The Labute approximate surface area is 209 Å². The summed E-state index contributed by atoms with van der Waals surface area (Å²) in [6.07, 6.45) is 3.96. The molecule has 4 rings (SSSR count). The molecule has 3 aliphatic rings. The Morgan fingerprint density at radius 2 is 1.89 bits per heavy atom. The number of carbonyl (C=O) groups is 2. The fraction of sp³-hybridized carbons (Fsp3) is 0.704. The number of fused-ring (bicyclic) bond motifs is 1. The Balaban J connectivity index is 1.57. The zero-order chi connectivity index (χ0) is 24.9. The Morgan fingerprint density at radius 3 is 2.57 bits per heavy atom. The molecule has 0 unspecified atom stereocenters. The number of amides is 2. The highest BCUT2D eigenvalue weighted by atomic mass is 16.5. The Bertz CT molecular complexity index is 884. The van der Waals surface area contributed by atoms with Gasteiger partial charge in [0.05, 0.1) is 11.7 Å². The highest BCUT2D eigenvalue weighted by Crippen LogP contribution is 2.32. The van der Waals surface area contributed by atoms with Gasteiger partial charge in [-0.05, 0) is 62.6 Å². The van der Waals surface area contributed by atoms with Gasteiger partial charge in [-0.25, -0.2) is 0 Å². The lowest BCUT2D eigenvalue weighted by Crippen LogP contribution is -2.47.